The second-order valence-corrected chi connectivity index (χ2v) is 10.8. The molecule has 8 nitrogen and oxygen atoms in total. The average molecular weight is 500 g/mol. The van der Waals surface area contributed by atoms with E-state index in [0.29, 0.717) is 43.1 Å². The number of benzene rings is 2. The normalized spacial score (nSPS) is 17.1. The highest BCUT2D eigenvalue weighted by atomic mass is 32.2. The number of imidazole rings is 1. The van der Waals surface area contributed by atoms with Crippen molar-refractivity contribution in [2.45, 2.75) is 24.7 Å². The highest BCUT2D eigenvalue weighted by Gasteiger charge is 2.34. The first-order chi connectivity index (χ1) is 17.4. The van der Waals surface area contributed by atoms with Crippen molar-refractivity contribution in [1.82, 2.24) is 14.3 Å². The number of rotatable bonds is 3. The van der Waals surface area contributed by atoms with Crippen LogP contribution in [0.4, 0.5) is 5.82 Å². The van der Waals surface area contributed by atoms with E-state index in [0.717, 1.165) is 22.5 Å². The van der Waals surface area contributed by atoms with Crippen molar-refractivity contribution in [2.75, 3.05) is 18.4 Å². The van der Waals surface area contributed by atoms with Gasteiger partial charge < -0.3 is 10.2 Å². The summed E-state index contributed by atoms with van der Waals surface area (Å²) in [4.78, 5) is 20.5. The summed E-state index contributed by atoms with van der Waals surface area (Å²) in [5.74, 6) is 0.881. The van der Waals surface area contributed by atoms with Crippen LogP contribution in [-0.2, 0) is 14.8 Å². The molecule has 4 aromatic rings. The van der Waals surface area contributed by atoms with Crippen LogP contribution >= 0.6 is 0 Å². The Morgan fingerprint density at radius 3 is 2.47 bits per heavy atom. The van der Waals surface area contributed by atoms with Gasteiger partial charge in [-0.3, -0.25) is 9.20 Å². The quantitative estimate of drug-likeness (QED) is 0.458. The van der Waals surface area contributed by atoms with E-state index < -0.39 is 10.0 Å². The molecule has 6 rings (SSSR count). The lowest BCUT2D eigenvalue weighted by atomic mass is 9.95. The summed E-state index contributed by atoms with van der Waals surface area (Å²) in [6.07, 6.45) is 3.11. The molecule has 0 aliphatic carbocycles. The Balaban J connectivity index is 1.23. The number of piperidine rings is 1. The van der Waals surface area contributed by atoms with Gasteiger partial charge in [-0.1, -0.05) is 48.5 Å². The Labute approximate surface area is 209 Å². The minimum Gasteiger partial charge on any atom is -0.355 e. The van der Waals surface area contributed by atoms with Crippen LogP contribution in [0.15, 0.2) is 82.2 Å². The molecule has 0 saturated carbocycles. The number of amides is 1. The van der Waals surface area contributed by atoms with Crippen molar-refractivity contribution < 1.29 is 13.2 Å². The summed E-state index contributed by atoms with van der Waals surface area (Å²) in [5, 5.41) is 3.16. The fourth-order valence-corrected chi connectivity index (χ4v) is 6.24. The number of hydrogen-bond donors (Lipinski definition) is 1. The first-order valence-corrected chi connectivity index (χ1v) is 13.4. The summed E-state index contributed by atoms with van der Waals surface area (Å²) in [6.45, 7) is 3.11. The molecule has 2 aromatic heterocycles. The highest BCUT2D eigenvalue weighted by molar-refractivity contribution is 7.90. The van der Waals surface area contributed by atoms with E-state index in [-0.39, 0.29) is 16.7 Å². The molecular weight excluding hydrogens is 474 g/mol. The van der Waals surface area contributed by atoms with Crippen molar-refractivity contribution >= 4 is 33.2 Å². The minimum atomic E-state index is -3.67. The molecule has 1 fully saturated rings. The van der Waals surface area contributed by atoms with E-state index in [1.165, 1.54) is 0 Å². The van der Waals surface area contributed by atoms with E-state index in [1.54, 1.807) is 18.2 Å². The van der Waals surface area contributed by atoms with Gasteiger partial charge in [0.25, 0.3) is 10.0 Å². The zero-order valence-corrected chi connectivity index (χ0v) is 20.6. The van der Waals surface area contributed by atoms with E-state index in [2.05, 4.69) is 9.71 Å². The van der Waals surface area contributed by atoms with Gasteiger partial charge in [0, 0.05) is 36.3 Å². The van der Waals surface area contributed by atoms with Crippen molar-refractivity contribution in [2.24, 2.45) is 10.3 Å². The van der Waals surface area contributed by atoms with Crippen molar-refractivity contribution in [3.63, 3.8) is 0 Å². The van der Waals surface area contributed by atoms with E-state index in [9.17, 15) is 13.2 Å². The largest absolute Gasteiger partial charge is 0.355 e. The molecular formula is C27H25N5O3S. The minimum absolute atomic E-state index is 0.0588. The number of anilines is 1. The second kappa shape index (κ2) is 8.60. The number of hydrogen-bond acceptors (Lipinski definition) is 5. The molecule has 182 valence electrons. The second-order valence-electron chi connectivity index (χ2n) is 9.20. The van der Waals surface area contributed by atoms with Crippen molar-refractivity contribution in [3.8, 4) is 11.3 Å². The van der Waals surface area contributed by atoms with Gasteiger partial charge in [0.05, 0.1) is 0 Å². The smallest absolute Gasteiger partial charge is 0.285 e. The van der Waals surface area contributed by atoms with Crippen LogP contribution in [0.25, 0.3) is 16.9 Å². The Hall–Kier alpha value is -3.98. The Bertz CT molecular complexity index is 1620. The molecule has 9 heteroatoms. The maximum absolute atomic E-state index is 13.4. The summed E-state index contributed by atoms with van der Waals surface area (Å²) >= 11 is 0. The fourth-order valence-electron chi connectivity index (χ4n) is 5.01. The molecule has 0 unspecified atom stereocenters. The molecule has 0 radical (unpaired) electrons. The summed E-state index contributed by atoms with van der Waals surface area (Å²) in [6, 6.07) is 20.7. The molecule has 0 spiro atoms. The van der Waals surface area contributed by atoms with Crippen LogP contribution in [0, 0.1) is 12.8 Å². The zero-order valence-electron chi connectivity index (χ0n) is 19.8. The Morgan fingerprint density at radius 1 is 0.972 bits per heavy atom. The summed E-state index contributed by atoms with van der Waals surface area (Å²) in [5.41, 5.74) is 4.13. The van der Waals surface area contributed by atoms with Crippen LogP contribution in [0.1, 0.15) is 24.0 Å². The first-order valence-electron chi connectivity index (χ1n) is 12.0. The molecule has 36 heavy (non-hydrogen) atoms. The number of aromatic nitrogens is 2. The molecule has 2 aromatic carbocycles. The van der Waals surface area contributed by atoms with Gasteiger partial charge in [0.15, 0.2) is 5.84 Å². The highest BCUT2D eigenvalue weighted by Crippen LogP contribution is 2.32. The predicted molar refractivity (Wildman–Crippen MR) is 138 cm³/mol. The number of carbonyl (C=O) groups excluding carboxylic acids is 1. The van der Waals surface area contributed by atoms with E-state index in [4.69, 9.17) is 4.98 Å². The molecule has 1 N–H and O–H groups in total. The average Bonchev–Trinajstić information content (AvgIpc) is 3.40. The lowest BCUT2D eigenvalue weighted by Gasteiger charge is -2.32. The standard InChI is InChI=1S/C27H25N5O3S/c1-18-8-7-15-32-24(18)28-23(19-9-3-2-4-10-19)26(32)29-27(33)20-13-16-31(17-14-20)25-21-11-5-6-12-22(21)36(34,35)30-25/h2-12,15,20H,13-14,16-17H2,1H3,(H,29,33). The number of amidine groups is 1. The summed E-state index contributed by atoms with van der Waals surface area (Å²) in [7, 11) is -3.67. The number of carbonyl (C=O) groups is 1. The number of pyridine rings is 1. The Morgan fingerprint density at radius 2 is 1.69 bits per heavy atom. The maximum atomic E-state index is 13.4. The number of nitrogens with zero attached hydrogens (tertiary/aromatic N) is 4. The number of aryl methyl sites for hydroxylation is 1. The number of fused-ring (bicyclic) bond motifs is 2. The van der Waals surface area contributed by atoms with Gasteiger partial charge in [-0.25, -0.2) is 4.98 Å². The molecule has 0 atom stereocenters. The number of nitrogens with one attached hydrogen (secondary N) is 1. The van der Waals surface area contributed by atoms with Crippen LogP contribution in [0.5, 0.6) is 0 Å². The molecule has 1 amide bonds. The third kappa shape index (κ3) is 3.76. The molecule has 4 heterocycles. The monoisotopic (exact) mass is 499 g/mol. The van der Waals surface area contributed by atoms with Gasteiger partial charge in [0.2, 0.25) is 5.91 Å². The van der Waals surface area contributed by atoms with Crippen LogP contribution in [-0.4, -0.2) is 47.5 Å². The van der Waals surface area contributed by atoms with Crippen molar-refractivity contribution in [3.05, 3.63) is 84.1 Å². The third-order valence-corrected chi connectivity index (χ3v) is 8.24. The third-order valence-electron chi connectivity index (χ3n) is 6.91. The van der Waals surface area contributed by atoms with Crippen molar-refractivity contribution in [1.29, 1.82) is 0 Å². The molecule has 1 saturated heterocycles. The SMILES string of the molecule is Cc1cccn2c(NC(=O)C3CCN(C4=NS(=O)(=O)c5ccccc54)CC3)c(-c3ccccc3)nc12. The fraction of sp³-hybridized carbons (Fsp3) is 0.222. The van der Waals surface area contributed by atoms with Gasteiger partial charge in [-0.15, -0.1) is 4.40 Å². The van der Waals surface area contributed by atoms with E-state index >= 15 is 0 Å². The zero-order chi connectivity index (χ0) is 24.9. The molecule has 0 bridgehead atoms. The molecule has 2 aliphatic heterocycles. The van der Waals surface area contributed by atoms with Gasteiger partial charge in [0.1, 0.15) is 22.1 Å². The first kappa shape index (κ1) is 22.5. The lowest BCUT2D eigenvalue weighted by molar-refractivity contribution is -0.121. The number of likely N-dealkylation sites (tertiary alicyclic amines) is 1. The van der Waals surface area contributed by atoms with E-state index in [1.807, 2.05) is 71.0 Å². The Kier molecular flexibility index (Phi) is 5.37. The van der Waals surface area contributed by atoms with Crippen LogP contribution in [0.2, 0.25) is 0 Å². The number of sulfonamides is 1. The topological polar surface area (TPSA) is 96.1 Å². The predicted octanol–water partition coefficient (Wildman–Crippen LogP) is 4.11. The van der Waals surface area contributed by atoms with Gasteiger partial charge in [-0.2, -0.15) is 8.42 Å². The lowest BCUT2D eigenvalue weighted by Crippen LogP contribution is -2.41. The maximum Gasteiger partial charge on any atom is 0.285 e. The van der Waals surface area contributed by atoms with Crippen LogP contribution < -0.4 is 5.32 Å². The molecule has 2 aliphatic rings. The van der Waals surface area contributed by atoms with Gasteiger partial charge in [-0.05, 0) is 43.5 Å². The van der Waals surface area contributed by atoms with Crippen LogP contribution in [0.3, 0.4) is 0 Å². The summed E-state index contributed by atoms with van der Waals surface area (Å²) < 4.78 is 30.9. The van der Waals surface area contributed by atoms with Gasteiger partial charge >= 0.3 is 0 Å².